The normalized spacial score (nSPS) is 24.1. The number of aliphatic carboxylic acids is 4. The lowest BCUT2D eigenvalue weighted by atomic mass is 10.0. The summed E-state index contributed by atoms with van der Waals surface area (Å²) in [5.74, 6) is -26.3. The van der Waals surface area contributed by atoms with E-state index in [2.05, 4.69) is 52.5 Å². The lowest BCUT2D eigenvalue weighted by Crippen LogP contribution is -2.63. The van der Waals surface area contributed by atoms with E-state index in [0.717, 1.165) is 19.1 Å². The van der Waals surface area contributed by atoms with Crippen molar-refractivity contribution in [1.82, 2.24) is 68.5 Å². The number of aromatic amines is 2. The number of nitrogens with two attached hydrogens (primary N) is 1. The molecule has 22 N–H and O–H groups in total. The number of aromatic hydroxyl groups is 1. The summed E-state index contributed by atoms with van der Waals surface area (Å²) in [6.07, 6.45) is -10.3. The Labute approximate surface area is 605 Å². The van der Waals surface area contributed by atoms with E-state index in [-0.39, 0.29) is 22.4 Å². The molecule has 40 nitrogen and oxygen atoms in total. The van der Waals surface area contributed by atoms with Crippen molar-refractivity contribution in [3.05, 3.63) is 102 Å². The number of aromatic nitrogens is 2. The SMILES string of the molecule is CCCC1OC1C(=O)N[C@@H](CO)C(=O)NC1C(=O)NC(Cc2c[nH]c3ccccc23)C(=O)N[C@@H](CC(=O)O)C(=O)NC(CC(=O)O)C(=O)N[C@H](Cc2ccc(O)cc2)C(=O)N[C@@H](CC(=O)O)C(=O)NCC(=O)N[C@H]([C@H](O)C(N)=O)C(=O)NC(CCC(=O)O)C(=O)N[C@@H](Cc2c[nH]c3ccccc23)C(=O)OC1C. The van der Waals surface area contributed by atoms with Gasteiger partial charge in [-0.15, -0.1) is 0 Å². The maximum Gasteiger partial charge on any atom is 0.329 e. The van der Waals surface area contributed by atoms with Crippen molar-refractivity contribution in [3.63, 3.8) is 0 Å². The molecule has 0 saturated carbocycles. The highest BCUT2D eigenvalue weighted by Crippen LogP contribution is 2.27. The summed E-state index contributed by atoms with van der Waals surface area (Å²) in [5.41, 5.74) is 6.88. The molecular formula is C67H80N14O26. The van der Waals surface area contributed by atoms with Crippen molar-refractivity contribution in [3.8, 4) is 5.75 Å². The van der Waals surface area contributed by atoms with Gasteiger partial charge in [0.05, 0.1) is 38.5 Å². The van der Waals surface area contributed by atoms with Crippen LogP contribution in [0.5, 0.6) is 5.75 Å². The minimum absolute atomic E-state index is 0.104. The smallest absolute Gasteiger partial charge is 0.329 e. The maximum atomic E-state index is 15.3. The fourth-order valence-corrected chi connectivity index (χ4v) is 11.4. The Balaban J connectivity index is 1.36. The second-order valence-electron chi connectivity index (χ2n) is 25.0. The van der Waals surface area contributed by atoms with Crippen molar-refractivity contribution in [2.45, 2.75) is 163 Å². The second-order valence-corrected chi connectivity index (χ2v) is 25.0. The van der Waals surface area contributed by atoms with Gasteiger partial charge in [-0.2, -0.15) is 0 Å². The summed E-state index contributed by atoms with van der Waals surface area (Å²) >= 11 is 0. The number of cyclic esters (lactones) is 1. The monoisotopic (exact) mass is 1500 g/mol. The average Bonchev–Trinajstić information content (AvgIpc) is 1.71. The Morgan fingerprint density at radius 1 is 0.561 bits per heavy atom. The quantitative estimate of drug-likeness (QED) is 0.0202. The van der Waals surface area contributed by atoms with Gasteiger partial charge in [0.2, 0.25) is 65.0 Å². The van der Waals surface area contributed by atoms with Crippen molar-refractivity contribution in [1.29, 1.82) is 0 Å². The van der Waals surface area contributed by atoms with Crippen molar-refractivity contribution < 1.29 is 127 Å². The number of epoxide rings is 1. The molecule has 0 bridgehead atoms. The summed E-state index contributed by atoms with van der Waals surface area (Å²) in [6.45, 7) is 0.356. The highest BCUT2D eigenvalue weighted by molar-refractivity contribution is 6.02. The molecule has 12 amide bonds. The van der Waals surface area contributed by atoms with Crippen LogP contribution in [0.25, 0.3) is 21.8 Å². The number of aliphatic hydroxyl groups excluding tert-OH is 2. The number of hydrogen-bond donors (Lipinski definition) is 21. The number of primary amides is 1. The molecule has 2 aliphatic rings. The van der Waals surface area contributed by atoms with Crippen molar-refractivity contribution in [2.75, 3.05) is 13.2 Å². The standard InChI is InChI=1S/C67H80N14O26/c1-3-8-46-55(107-46)66(104)79-45(28-82)63(101)81-52-29(2)106-67(105)44(21-32-26-70-37-12-7-5-10-35(32)37)78-58(96)38(17-18-48(85)86)72-65(103)53(54(93)56(68)94)80-47(84)27-71-57(95)41(22-49(87)88)74-59(97)39(19-30-13-15-33(83)16-14-30)73-61(99)42(23-50(89)90)76-62(100)43(24-51(91)92)75-60(98)40(77-64(52)102)20-31-25-69-36-11-6-4-9-34(31)36/h4-7,9-16,25-26,29,38-46,52-55,69-70,82-83,93H,3,8,17-24,27-28H2,1-2H3,(H2,68,94)(H,71,95)(H,72,103)(H,73,99)(H,74,97)(H,75,98)(H,76,100)(H,77,102)(H,78,96)(H,79,104)(H,80,84)(H,81,101)(H,85,86)(H,87,88)(H,89,90)(H,91,92)/t29?,38?,39-,40?,41+,42?,43+,44+,45+,46?,52?,53-,54+,55?/m1/s1. The Kier molecular flexibility index (Phi) is 28.8. The van der Waals surface area contributed by atoms with Gasteiger partial charge in [0.1, 0.15) is 72.3 Å². The molecule has 40 heteroatoms. The molecule has 107 heavy (non-hydrogen) atoms. The van der Waals surface area contributed by atoms with Crippen LogP contribution in [-0.2, 0) is 110 Å². The number of carbonyl (C=O) groups is 17. The highest BCUT2D eigenvalue weighted by atomic mass is 16.6. The summed E-state index contributed by atoms with van der Waals surface area (Å²) in [4.78, 5) is 241. The Morgan fingerprint density at radius 3 is 1.54 bits per heavy atom. The molecule has 0 spiro atoms. The van der Waals surface area contributed by atoms with Gasteiger partial charge in [0.25, 0.3) is 5.91 Å². The molecular weight excluding hydrogens is 1420 g/mol. The molecule has 2 aromatic heterocycles. The van der Waals surface area contributed by atoms with Crippen molar-refractivity contribution >= 4 is 123 Å². The molecule has 2 saturated heterocycles. The topological polar surface area (TPSA) is 643 Å². The zero-order valence-electron chi connectivity index (χ0n) is 57.1. The Morgan fingerprint density at radius 2 is 1.03 bits per heavy atom. The number of nitrogens with one attached hydrogen (secondary N) is 13. The third-order valence-corrected chi connectivity index (χ3v) is 17.0. The number of esters is 1. The van der Waals surface area contributed by atoms with E-state index in [1.807, 2.05) is 22.9 Å². The number of hydrogen-bond acceptors (Lipinski definition) is 22. The van der Waals surface area contributed by atoms with E-state index >= 15 is 14.4 Å². The third kappa shape index (κ3) is 23.5. The van der Waals surface area contributed by atoms with Gasteiger partial charge < -0.3 is 119 Å². The number of H-pyrrole nitrogens is 2. The van der Waals surface area contributed by atoms with E-state index in [9.17, 15) is 103 Å². The van der Waals surface area contributed by atoms with E-state index in [1.165, 1.54) is 24.5 Å². The average molecular weight is 1500 g/mol. The molecule has 2 fully saturated rings. The fraction of sp³-hybridized carbons (Fsp3) is 0.418. The number of amides is 12. The van der Waals surface area contributed by atoms with Gasteiger partial charge in [0, 0.05) is 59.9 Å². The largest absolute Gasteiger partial charge is 0.508 e. The number of carboxylic acid groups (broad SMARTS) is 4. The molecule has 5 aromatic rings. The van der Waals surface area contributed by atoms with E-state index < -0.39 is 250 Å². The van der Waals surface area contributed by atoms with Crippen LogP contribution in [0.1, 0.15) is 75.5 Å². The van der Waals surface area contributed by atoms with Crippen LogP contribution >= 0.6 is 0 Å². The van der Waals surface area contributed by atoms with E-state index in [1.54, 1.807) is 48.5 Å². The molecule has 2 aliphatic heterocycles. The van der Waals surface area contributed by atoms with E-state index in [0.29, 0.717) is 34.6 Å². The number of phenols is 1. The lowest BCUT2D eigenvalue weighted by Gasteiger charge is -2.30. The van der Waals surface area contributed by atoms with Gasteiger partial charge in [-0.3, -0.25) is 76.7 Å². The lowest BCUT2D eigenvalue weighted by molar-refractivity contribution is -0.156. The summed E-state index contributed by atoms with van der Waals surface area (Å²) < 4.78 is 11.3. The summed E-state index contributed by atoms with van der Waals surface area (Å²) in [7, 11) is 0. The number of carboxylic acids is 4. The summed E-state index contributed by atoms with van der Waals surface area (Å²) in [6, 6.07) is -4.23. The second kappa shape index (κ2) is 37.7. The molecule has 7 unspecified atom stereocenters. The molecule has 3 aromatic carbocycles. The first-order chi connectivity index (χ1) is 50.7. The molecule has 7 rings (SSSR count). The predicted octanol–water partition coefficient (Wildman–Crippen LogP) is -6.01. The first kappa shape index (κ1) is 81.7. The number of phenolic OH excluding ortho intramolecular Hbond substituents is 1. The molecule has 574 valence electrons. The van der Waals surface area contributed by atoms with Gasteiger partial charge in [0.15, 0.2) is 12.2 Å². The fourth-order valence-electron chi connectivity index (χ4n) is 11.4. The zero-order valence-corrected chi connectivity index (χ0v) is 57.1. The first-order valence-corrected chi connectivity index (χ1v) is 33.2. The number of para-hydroxylation sites is 2. The summed E-state index contributed by atoms with van der Waals surface area (Å²) in [5, 5.41) is 96.2. The van der Waals surface area contributed by atoms with Crippen LogP contribution in [0.15, 0.2) is 85.2 Å². The minimum atomic E-state index is -2.71. The maximum absolute atomic E-state index is 15.3. The molecule has 4 heterocycles. The number of ether oxygens (including phenoxy) is 2. The van der Waals surface area contributed by atoms with Crippen LogP contribution in [0.3, 0.4) is 0 Å². The number of benzene rings is 3. The highest BCUT2D eigenvalue weighted by Gasteiger charge is 2.46. The molecule has 14 atom stereocenters. The van der Waals surface area contributed by atoms with Crippen LogP contribution in [0, 0.1) is 0 Å². The minimum Gasteiger partial charge on any atom is -0.508 e. The van der Waals surface area contributed by atoms with E-state index in [4.69, 9.17) is 15.2 Å². The number of fused-ring (bicyclic) bond motifs is 2. The Bertz CT molecular complexity index is 4200. The number of carbonyl (C=O) groups excluding carboxylic acids is 13. The predicted molar refractivity (Wildman–Crippen MR) is 363 cm³/mol. The van der Waals surface area contributed by atoms with Crippen LogP contribution in [0.4, 0.5) is 0 Å². The molecule has 0 radical (unpaired) electrons. The number of rotatable bonds is 24. The molecule has 0 aliphatic carbocycles. The van der Waals surface area contributed by atoms with Crippen LogP contribution in [0.2, 0.25) is 0 Å². The Hall–Kier alpha value is -12.6. The van der Waals surface area contributed by atoms with Gasteiger partial charge >= 0.3 is 29.8 Å². The number of aliphatic hydroxyl groups is 2. The first-order valence-electron chi connectivity index (χ1n) is 33.2. The third-order valence-electron chi connectivity index (χ3n) is 17.0. The van der Waals surface area contributed by atoms with Gasteiger partial charge in [-0.05, 0) is 60.7 Å². The van der Waals surface area contributed by atoms with Crippen LogP contribution < -0.4 is 64.2 Å². The van der Waals surface area contributed by atoms with Crippen molar-refractivity contribution in [2.24, 2.45) is 5.73 Å². The van der Waals surface area contributed by atoms with Crippen LogP contribution in [-0.4, -0.2) is 244 Å². The van der Waals surface area contributed by atoms with Gasteiger partial charge in [-0.1, -0.05) is 61.9 Å². The zero-order chi connectivity index (χ0) is 78.5. The van der Waals surface area contributed by atoms with Gasteiger partial charge in [-0.25, -0.2) is 4.79 Å².